The standard InChI is InChI=1S/C14H19NO3/c1-11(14(17)15-8-3-2-4-9-15)18-13-7-5-6-12(16)10-13/h5-7,10-11,16H,2-4,8-9H2,1H3. The van der Waals surface area contributed by atoms with Crippen molar-refractivity contribution in [2.45, 2.75) is 32.3 Å². The van der Waals surface area contributed by atoms with E-state index in [9.17, 15) is 9.90 Å². The molecule has 1 saturated heterocycles. The largest absolute Gasteiger partial charge is 0.508 e. The van der Waals surface area contributed by atoms with Gasteiger partial charge in [-0.05, 0) is 38.3 Å². The van der Waals surface area contributed by atoms with E-state index in [0.29, 0.717) is 5.75 Å². The van der Waals surface area contributed by atoms with E-state index in [1.165, 1.54) is 12.5 Å². The highest BCUT2D eigenvalue weighted by Gasteiger charge is 2.23. The molecular weight excluding hydrogens is 230 g/mol. The van der Waals surface area contributed by atoms with E-state index in [1.54, 1.807) is 25.1 Å². The zero-order chi connectivity index (χ0) is 13.0. The number of hydrogen-bond acceptors (Lipinski definition) is 3. The van der Waals surface area contributed by atoms with Crippen LogP contribution in [0.2, 0.25) is 0 Å². The van der Waals surface area contributed by atoms with Crippen molar-refractivity contribution in [3.63, 3.8) is 0 Å². The minimum Gasteiger partial charge on any atom is -0.508 e. The second-order valence-corrected chi connectivity index (χ2v) is 4.64. The lowest BCUT2D eigenvalue weighted by Crippen LogP contribution is -2.43. The molecule has 1 aromatic rings. The highest BCUT2D eigenvalue weighted by molar-refractivity contribution is 5.81. The van der Waals surface area contributed by atoms with Crippen molar-refractivity contribution in [2.75, 3.05) is 13.1 Å². The predicted octanol–water partition coefficient (Wildman–Crippen LogP) is 2.17. The van der Waals surface area contributed by atoms with Crippen LogP contribution in [0.4, 0.5) is 0 Å². The molecule has 1 unspecified atom stereocenters. The lowest BCUT2D eigenvalue weighted by molar-refractivity contribution is -0.138. The maximum atomic E-state index is 12.1. The van der Waals surface area contributed by atoms with Crippen LogP contribution in [0.5, 0.6) is 11.5 Å². The van der Waals surface area contributed by atoms with Crippen molar-refractivity contribution in [1.29, 1.82) is 0 Å². The molecule has 1 fully saturated rings. The molecule has 1 aromatic carbocycles. The third-order valence-corrected chi connectivity index (χ3v) is 3.15. The predicted molar refractivity (Wildman–Crippen MR) is 68.6 cm³/mol. The Morgan fingerprint density at radius 1 is 1.33 bits per heavy atom. The number of amides is 1. The average Bonchev–Trinajstić information content (AvgIpc) is 2.39. The number of hydrogen-bond donors (Lipinski definition) is 1. The Bertz CT molecular complexity index is 413. The van der Waals surface area contributed by atoms with E-state index in [0.717, 1.165) is 25.9 Å². The van der Waals surface area contributed by atoms with Crippen molar-refractivity contribution < 1.29 is 14.6 Å². The van der Waals surface area contributed by atoms with Crippen LogP contribution in [0.15, 0.2) is 24.3 Å². The molecule has 0 bridgehead atoms. The molecule has 1 heterocycles. The summed E-state index contributed by atoms with van der Waals surface area (Å²) in [5.41, 5.74) is 0. The maximum Gasteiger partial charge on any atom is 0.263 e. The summed E-state index contributed by atoms with van der Waals surface area (Å²) in [4.78, 5) is 14.0. The smallest absolute Gasteiger partial charge is 0.263 e. The summed E-state index contributed by atoms with van der Waals surface area (Å²) in [6.45, 7) is 3.40. The Morgan fingerprint density at radius 3 is 2.72 bits per heavy atom. The first-order valence-electron chi connectivity index (χ1n) is 6.41. The molecule has 18 heavy (non-hydrogen) atoms. The number of nitrogens with zero attached hydrogens (tertiary/aromatic N) is 1. The van der Waals surface area contributed by atoms with Gasteiger partial charge in [0.25, 0.3) is 5.91 Å². The van der Waals surface area contributed by atoms with Gasteiger partial charge in [-0.1, -0.05) is 6.07 Å². The molecule has 1 aliphatic rings. The van der Waals surface area contributed by atoms with Gasteiger partial charge in [-0.25, -0.2) is 0 Å². The number of rotatable bonds is 3. The van der Waals surface area contributed by atoms with E-state index < -0.39 is 6.10 Å². The van der Waals surface area contributed by atoms with Gasteiger partial charge in [0.1, 0.15) is 11.5 Å². The van der Waals surface area contributed by atoms with E-state index in [4.69, 9.17) is 4.74 Å². The Kier molecular flexibility index (Phi) is 4.07. The molecule has 4 heteroatoms. The van der Waals surface area contributed by atoms with Gasteiger partial charge in [-0.15, -0.1) is 0 Å². The number of likely N-dealkylation sites (tertiary alicyclic amines) is 1. The van der Waals surface area contributed by atoms with Crippen LogP contribution in [-0.2, 0) is 4.79 Å². The van der Waals surface area contributed by atoms with Gasteiger partial charge in [-0.2, -0.15) is 0 Å². The Morgan fingerprint density at radius 2 is 2.06 bits per heavy atom. The van der Waals surface area contributed by atoms with Crippen LogP contribution in [0, 0.1) is 0 Å². The minimum atomic E-state index is -0.509. The normalized spacial score (nSPS) is 17.3. The number of carbonyl (C=O) groups is 1. The van der Waals surface area contributed by atoms with Crippen LogP contribution in [0.25, 0.3) is 0 Å². The quantitative estimate of drug-likeness (QED) is 0.893. The first-order valence-corrected chi connectivity index (χ1v) is 6.41. The second kappa shape index (κ2) is 5.76. The molecule has 0 aromatic heterocycles. The van der Waals surface area contributed by atoms with Gasteiger partial charge in [-0.3, -0.25) is 4.79 Å². The Labute approximate surface area is 107 Å². The molecule has 0 spiro atoms. The summed E-state index contributed by atoms with van der Waals surface area (Å²) in [5.74, 6) is 0.691. The van der Waals surface area contributed by atoms with Gasteiger partial charge in [0, 0.05) is 19.2 Å². The number of carbonyl (C=O) groups excluding carboxylic acids is 1. The molecule has 1 aliphatic heterocycles. The molecule has 98 valence electrons. The van der Waals surface area contributed by atoms with Gasteiger partial charge in [0.05, 0.1) is 0 Å². The number of phenols is 1. The van der Waals surface area contributed by atoms with E-state index in [1.807, 2.05) is 4.90 Å². The van der Waals surface area contributed by atoms with E-state index in [2.05, 4.69) is 0 Å². The van der Waals surface area contributed by atoms with Crippen LogP contribution in [-0.4, -0.2) is 35.1 Å². The van der Waals surface area contributed by atoms with Gasteiger partial charge >= 0.3 is 0 Å². The molecular formula is C14H19NO3. The fourth-order valence-corrected chi connectivity index (χ4v) is 2.18. The monoisotopic (exact) mass is 249 g/mol. The third-order valence-electron chi connectivity index (χ3n) is 3.15. The van der Waals surface area contributed by atoms with Crippen LogP contribution in [0.3, 0.4) is 0 Å². The van der Waals surface area contributed by atoms with Crippen LogP contribution >= 0.6 is 0 Å². The van der Waals surface area contributed by atoms with Crippen molar-refractivity contribution in [2.24, 2.45) is 0 Å². The van der Waals surface area contributed by atoms with Gasteiger partial charge in [0.2, 0.25) is 0 Å². The van der Waals surface area contributed by atoms with Crippen molar-refractivity contribution >= 4 is 5.91 Å². The van der Waals surface area contributed by atoms with Gasteiger partial charge < -0.3 is 14.7 Å². The summed E-state index contributed by atoms with van der Waals surface area (Å²) >= 11 is 0. The molecule has 1 atom stereocenters. The minimum absolute atomic E-state index is 0.0260. The number of benzene rings is 1. The fourth-order valence-electron chi connectivity index (χ4n) is 2.18. The highest BCUT2D eigenvalue weighted by Crippen LogP contribution is 2.20. The Hall–Kier alpha value is -1.71. The summed E-state index contributed by atoms with van der Waals surface area (Å²) in [6, 6.07) is 6.52. The number of aromatic hydroxyl groups is 1. The maximum absolute atomic E-state index is 12.1. The third kappa shape index (κ3) is 3.15. The molecule has 0 aliphatic carbocycles. The number of phenolic OH excluding ortho intramolecular Hbond substituents is 1. The number of ether oxygens (including phenoxy) is 1. The van der Waals surface area contributed by atoms with Crippen molar-refractivity contribution in [1.82, 2.24) is 4.90 Å². The summed E-state index contributed by atoms with van der Waals surface area (Å²) in [6.07, 6.45) is 2.84. The van der Waals surface area contributed by atoms with Gasteiger partial charge in [0.15, 0.2) is 6.10 Å². The van der Waals surface area contributed by atoms with Crippen molar-refractivity contribution in [3.8, 4) is 11.5 Å². The molecule has 0 radical (unpaired) electrons. The average molecular weight is 249 g/mol. The first kappa shape index (κ1) is 12.7. The van der Waals surface area contributed by atoms with Crippen LogP contribution < -0.4 is 4.74 Å². The summed E-state index contributed by atoms with van der Waals surface area (Å²) in [7, 11) is 0. The summed E-state index contributed by atoms with van der Waals surface area (Å²) in [5, 5.41) is 9.34. The molecule has 4 nitrogen and oxygen atoms in total. The first-order chi connectivity index (χ1) is 8.66. The lowest BCUT2D eigenvalue weighted by atomic mass is 10.1. The highest BCUT2D eigenvalue weighted by atomic mass is 16.5. The zero-order valence-electron chi connectivity index (χ0n) is 10.6. The Balaban J connectivity index is 1.94. The summed E-state index contributed by atoms with van der Waals surface area (Å²) < 4.78 is 5.56. The molecule has 1 amide bonds. The topological polar surface area (TPSA) is 49.8 Å². The number of piperidine rings is 1. The van der Waals surface area contributed by atoms with Crippen LogP contribution in [0.1, 0.15) is 26.2 Å². The molecule has 1 N–H and O–H groups in total. The molecule has 0 saturated carbocycles. The van der Waals surface area contributed by atoms with Crippen molar-refractivity contribution in [3.05, 3.63) is 24.3 Å². The molecule has 2 rings (SSSR count). The lowest BCUT2D eigenvalue weighted by Gasteiger charge is -2.29. The van der Waals surface area contributed by atoms with E-state index in [-0.39, 0.29) is 11.7 Å². The SMILES string of the molecule is CC(Oc1cccc(O)c1)C(=O)N1CCCCC1. The fraction of sp³-hybridized carbons (Fsp3) is 0.500. The zero-order valence-corrected chi connectivity index (χ0v) is 10.6. The van der Waals surface area contributed by atoms with E-state index >= 15 is 0 Å². The second-order valence-electron chi connectivity index (χ2n) is 4.64.